The first-order chi connectivity index (χ1) is 15.3. The van der Waals surface area contributed by atoms with Crippen molar-refractivity contribution in [2.45, 2.75) is 44.9 Å². The van der Waals surface area contributed by atoms with Crippen LogP contribution in [0.15, 0.2) is 6.20 Å². The maximum Gasteiger partial charge on any atom is 0.490 e. The number of halogens is 3. The summed E-state index contributed by atoms with van der Waals surface area (Å²) >= 11 is 0. The molecule has 0 spiro atoms. The maximum atomic E-state index is 12.7. The third-order valence-corrected chi connectivity index (χ3v) is 5.85. The van der Waals surface area contributed by atoms with Gasteiger partial charge in [-0.1, -0.05) is 6.42 Å². The standard InChI is InChI=1S/C18H29N5O2.C2HF3O2/c24-18(22-10-12-25-13-11-22)21-7-4-17-19-14-16(23(17)9-8-21)15-20-5-2-1-3-6-20;3-2(4,5)1(6)7/h14H,1-13,15H2;(H,6,7). The van der Waals surface area contributed by atoms with E-state index >= 15 is 0 Å². The Balaban J connectivity index is 0.000000360. The number of carbonyl (C=O) groups is 2. The average molecular weight is 461 g/mol. The fraction of sp³-hybridized carbons (Fsp3) is 0.750. The predicted octanol–water partition coefficient (Wildman–Crippen LogP) is 1.81. The second kappa shape index (κ2) is 11.0. The summed E-state index contributed by atoms with van der Waals surface area (Å²) in [7, 11) is 0. The highest BCUT2D eigenvalue weighted by atomic mass is 19.4. The van der Waals surface area contributed by atoms with Gasteiger partial charge in [-0.3, -0.25) is 4.90 Å². The zero-order valence-electron chi connectivity index (χ0n) is 18.0. The molecular weight excluding hydrogens is 431 g/mol. The highest BCUT2D eigenvalue weighted by molar-refractivity contribution is 5.74. The number of imidazole rings is 1. The van der Waals surface area contributed by atoms with Gasteiger partial charge in [0, 0.05) is 51.9 Å². The summed E-state index contributed by atoms with van der Waals surface area (Å²) in [5.41, 5.74) is 1.30. The molecule has 1 aromatic heterocycles. The van der Waals surface area contributed by atoms with Crippen molar-refractivity contribution in [1.82, 2.24) is 24.3 Å². The van der Waals surface area contributed by atoms with E-state index in [1.807, 2.05) is 16.0 Å². The number of piperidine rings is 1. The van der Waals surface area contributed by atoms with Crippen molar-refractivity contribution in [2.24, 2.45) is 0 Å². The fourth-order valence-electron chi connectivity index (χ4n) is 4.11. The molecule has 0 radical (unpaired) electrons. The molecule has 2 amide bonds. The summed E-state index contributed by atoms with van der Waals surface area (Å²) in [6.45, 7) is 8.49. The molecule has 0 bridgehead atoms. The maximum absolute atomic E-state index is 12.7. The minimum Gasteiger partial charge on any atom is -0.475 e. The molecule has 1 aromatic rings. The second-order valence-electron chi connectivity index (χ2n) is 8.08. The number of fused-ring (bicyclic) bond motifs is 1. The van der Waals surface area contributed by atoms with Gasteiger partial charge in [-0.05, 0) is 25.9 Å². The summed E-state index contributed by atoms with van der Waals surface area (Å²) < 4.78 is 39.4. The van der Waals surface area contributed by atoms with Crippen molar-refractivity contribution < 1.29 is 32.6 Å². The summed E-state index contributed by atoms with van der Waals surface area (Å²) in [6, 6.07) is 0.159. The number of alkyl halides is 3. The normalized spacial score (nSPS) is 20.1. The second-order valence-corrected chi connectivity index (χ2v) is 8.08. The average Bonchev–Trinajstić information content (AvgIpc) is 3.02. The Morgan fingerprint density at radius 1 is 0.969 bits per heavy atom. The van der Waals surface area contributed by atoms with Crippen LogP contribution in [0.2, 0.25) is 0 Å². The number of carboxylic acid groups (broad SMARTS) is 1. The van der Waals surface area contributed by atoms with Crippen molar-refractivity contribution in [3.05, 3.63) is 17.7 Å². The Bertz CT molecular complexity index is 774. The number of aliphatic carboxylic acids is 1. The van der Waals surface area contributed by atoms with Crippen LogP contribution >= 0.6 is 0 Å². The molecule has 3 aliphatic heterocycles. The van der Waals surface area contributed by atoms with E-state index in [4.69, 9.17) is 14.6 Å². The molecule has 0 saturated carbocycles. The number of carbonyl (C=O) groups excluding carboxylic acids is 1. The lowest BCUT2D eigenvalue weighted by Gasteiger charge is -2.32. The Hall–Kier alpha value is -2.34. The summed E-state index contributed by atoms with van der Waals surface area (Å²) in [5, 5.41) is 7.12. The zero-order chi connectivity index (χ0) is 23.1. The summed E-state index contributed by atoms with van der Waals surface area (Å²) in [5.74, 6) is -1.63. The van der Waals surface area contributed by atoms with E-state index in [2.05, 4.69) is 14.5 Å². The number of hydrogen-bond donors (Lipinski definition) is 1. The van der Waals surface area contributed by atoms with Crippen LogP contribution in [0.25, 0.3) is 0 Å². The van der Waals surface area contributed by atoms with Crippen LogP contribution in [-0.4, -0.2) is 100 Å². The first-order valence-corrected chi connectivity index (χ1v) is 10.9. The minimum atomic E-state index is -5.08. The molecule has 0 unspecified atom stereocenters. The molecule has 4 rings (SSSR count). The number of ether oxygens (including phenoxy) is 1. The first-order valence-electron chi connectivity index (χ1n) is 10.9. The lowest BCUT2D eigenvalue weighted by Crippen LogP contribution is -2.49. The Morgan fingerprint density at radius 2 is 1.59 bits per heavy atom. The number of nitrogens with zero attached hydrogens (tertiary/aromatic N) is 5. The Morgan fingerprint density at radius 3 is 2.22 bits per heavy atom. The number of likely N-dealkylation sites (tertiary alicyclic amines) is 1. The topological polar surface area (TPSA) is 91.1 Å². The Labute approximate surface area is 184 Å². The molecule has 9 nitrogen and oxygen atoms in total. The molecule has 0 aromatic carbocycles. The van der Waals surface area contributed by atoms with Crippen LogP contribution in [0.3, 0.4) is 0 Å². The number of morpholine rings is 1. The van der Waals surface area contributed by atoms with Crippen molar-refractivity contribution in [3.63, 3.8) is 0 Å². The quantitative estimate of drug-likeness (QED) is 0.723. The van der Waals surface area contributed by atoms with Crippen molar-refractivity contribution >= 4 is 12.0 Å². The minimum absolute atomic E-state index is 0.159. The van der Waals surface area contributed by atoms with Gasteiger partial charge in [0.2, 0.25) is 0 Å². The van der Waals surface area contributed by atoms with E-state index in [1.165, 1.54) is 38.0 Å². The van der Waals surface area contributed by atoms with Gasteiger partial charge in [0.25, 0.3) is 0 Å². The van der Waals surface area contributed by atoms with Crippen LogP contribution in [0.5, 0.6) is 0 Å². The van der Waals surface area contributed by atoms with Crippen LogP contribution in [0.4, 0.5) is 18.0 Å². The monoisotopic (exact) mass is 461 g/mol. The van der Waals surface area contributed by atoms with E-state index in [-0.39, 0.29) is 6.03 Å². The molecule has 4 heterocycles. The fourth-order valence-corrected chi connectivity index (χ4v) is 4.11. The van der Waals surface area contributed by atoms with Gasteiger partial charge in [0.1, 0.15) is 5.82 Å². The molecule has 12 heteroatoms. The van der Waals surface area contributed by atoms with E-state index in [1.54, 1.807) is 0 Å². The number of aromatic nitrogens is 2. The van der Waals surface area contributed by atoms with Crippen LogP contribution < -0.4 is 0 Å². The molecule has 1 N–H and O–H groups in total. The van der Waals surface area contributed by atoms with E-state index in [0.29, 0.717) is 26.3 Å². The lowest BCUT2D eigenvalue weighted by molar-refractivity contribution is -0.192. The van der Waals surface area contributed by atoms with E-state index < -0.39 is 12.1 Å². The summed E-state index contributed by atoms with van der Waals surface area (Å²) in [4.78, 5) is 32.7. The molecule has 32 heavy (non-hydrogen) atoms. The van der Waals surface area contributed by atoms with E-state index in [0.717, 1.165) is 38.4 Å². The SMILES string of the molecule is O=C(N1CCOCC1)N1CCc2ncc(CN3CCCCC3)n2CC1.O=C(O)C(F)(F)F. The van der Waals surface area contributed by atoms with Crippen molar-refractivity contribution in [3.8, 4) is 0 Å². The third-order valence-electron chi connectivity index (χ3n) is 5.85. The van der Waals surface area contributed by atoms with E-state index in [9.17, 15) is 18.0 Å². The Kier molecular flexibility index (Phi) is 8.35. The van der Waals surface area contributed by atoms with Gasteiger partial charge in [-0.25, -0.2) is 14.6 Å². The first kappa shape index (κ1) is 24.3. The van der Waals surface area contributed by atoms with Gasteiger partial charge in [0.05, 0.1) is 18.9 Å². The third kappa shape index (κ3) is 6.58. The molecule has 0 atom stereocenters. The largest absolute Gasteiger partial charge is 0.490 e. The number of rotatable bonds is 2. The lowest BCUT2D eigenvalue weighted by atomic mass is 10.1. The number of urea groups is 1. The van der Waals surface area contributed by atoms with Gasteiger partial charge >= 0.3 is 18.2 Å². The molecule has 3 aliphatic rings. The van der Waals surface area contributed by atoms with Crippen LogP contribution in [0, 0.1) is 0 Å². The molecule has 180 valence electrons. The molecule has 2 saturated heterocycles. The summed E-state index contributed by atoms with van der Waals surface area (Å²) in [6.07, 6.45) is 1.78. The highest BCUT2D eigenvalue weighted by Crippen LogP contribution is 2.17. The van der Waals surface area contributed by atoms with Crippen LogP contribution in [0.1, 0.15) is 30.8 Å². The van der Waals surface area contributed by atoms with Crippen LogP contribution in [-0.2, 0) is 29.0 Å². The van der Waals surface area contributed by atoms with Gasteiger partial charge < -0.3 is 24.2 Å². The van der Waals surface area contributed by atoms with Gasteiger partial charge in [0.15, 0.2) is 0 Å². The number of amides is 2. The number of carboxylic acids is 1. The van der Waals surface area contributed by atoms with Gasteiger partial charge in [-0.2, -0.15) is 13.2 Å². The molecule has 0 aliphatic carbocycles. The predicted molar refractivity (Wildman–Crippen MR) is 108 cm³/mol. The van der Waals surface area contributed by atoms with Crippen molar-refractivity contribution in [2.75, 3.05) is 52.5 Å². The molecule has 2 fully saturated rings. The van der Waals surface area contributed by atoms with Crippen molar-refractivity contribution in [1.29, 1.82) is 0 Å². The zero-order valence-corrected chi connectivity index (χ0v) is 18.0. The number of hydrogen-bond acceptors (Lipinski definition) is 5. The van der Waals surface area contributed by atoms with Gasteiger partial charge in [-0.15, -0.1) is 0 Å². The molecular formula is C20H30F3N5O4. The highest BCUT2D eigenvalue weighted by Gasteiger charge is 2.38. The smallest absolute Gasteiger partial charge is 0.475 e.